The van der Waals surface area contributed by atoms with Crippen LogP contribution in [-0.4, -0.2) is 28.6 Å². The van der Waals surface area contributed by atoms with Gasteiger partial charge in [0.05, 0.1) is 12.8 Å². The first kappa shape index (κ1) is 12.2. The third kappa shape index (κ3) is 4.23. The SMILES string of the molecule is O=C(O)CCCCN(Cc1ccco1)C1CC1. The number of nitrogens with zero attached hydrogens (tertiary/aromatic N) is 1. The van der Waals surface area contributed by atoms with Crippen molar-refractivity contribution >= 4 is 5.97 Å². The minimum Gasteiger partial charge on any atom is -0.481 e. The molecule has 0 saturated heterocycles. The second-order valence-corrected chi connectivity index (χ2v) is 4.63. The van der Waals surface area contributed by atoms with E-state index in [1.165, 1.54) is 12.8 Å². The molecule has 1 fully saturated rings. The molecule has 1 saturated carbocycles. The van der Waals surface area contributed by atoms with Crippen molar-refractivity contribution in [2.24, 2.45) is 0 Å². The van der Waals surface area contributed by atoms with Crippen LogP contribution in [0.1, 0.15) is 37.9 Å². The summed E-state index contributed by atoms with van der Waals surface area (Å²) in [7, 11) is 0. The maximum absolute atomic E-state index is 10.4. The van der Waals surface area contributed by atoms with Gasteiger partial charge in [0.25, 0.3) is 0 Å². The Bertz CT molecular complexity index is 344. The topological polar surface area (TPSA) is 53.7 Å². The van der Waals surface area contributed by atoms with Gasteiger partial charge in [-0.2, -0.15) is 0 Å². The smallest absolute Gasteiger partial charge is 0.303 e. The van der Waals surface area contributed by atoms with E-state index in [4.69, 9.17) is 9.52 Å². The second kappa shape index (κ2) is 5.87. The van der Waals surface area contributed by atoms with Crippen LogP contribution in [0, 0.1) is 0 Å². The van der Waals surface area contributed by atoms with Crippen LogP contribution in [0.2, 0.25) is 0 Å². The van der Waals surface area contributed by atoms with Gasteiger partial charge in [-0.15, -0.1) is 0 Å². The number of carbonyl (C=O) groups is 1. The van der Waals surface area contributed by atoms with E-state index in [0.29, 0.717) is 6.04 Å². The Labute approximate surface area is 101 Å². The number of unbranched alkanes of at least 4 members (excludes halogenated alkanes) is 1. The Morgan fingerprint density at radius 1 is 1.47 bits per heavy atom. The predicted octanol–water partition coefficient (Wildman–Crippen LogP) is 2.50. The van der Waals surface area contributed by atoms with E-state index in [2.05, 4.69) is 4.90 Å². The molecule has 2 rings (SSSR count). The van der Waals surface area contributed by atoms with Gasteiger partial charge in [-0.05, 0) is 44.4 Å². The largest absolute Gasteiger partial charge is 0.481 e. The van der Waals surface area contributed by atoms with Crippen LogP contribution in [0.5, 0.6) is 0 Å². The molecule has 0 radical (unpaired) electrons. The lowest BCUT2D eigenvalue weighted by Crippen LogP contribution is -2.26. The Hall–Kier alpha value is -1.29. The molecule has 1 aliphatic rings. The van der Waals surface area contributed by atoms with Crippen molar-refractivity contribution in [1.82, 2.24) is 4.90 Å². The van der Waals surface area contributed by atoms with Gasteiger partial charge >= 0.3 is 5.97 Å². The molecule has 94 valence electrons. The van der Waals surface area contributed by atoms with Gasteiger partial charge in [0.15, 0.2) is 0 Å². The average molecular weight is 237 g/mol. The number of carboxylic acids is 1. The molecule has 0 amide bonds. The van der Waals surface area contributed by atoms with E-state index < -0.39 is 5.97 Å². The Kier molecular flexibility index (Phi) is 4.20. The van der Waals surface area contributed by atoms with Crippen LogP contribution >= 0.6 is 0 Å². The summed E-state index contributed by atoms with van der Waals surface area (Å²) < 4.78 is 5.35. The first-order valence-corrected chi connectivity index (χ1v) is 6.24. The zero-order valence-electron chi connectivity index (χ0n) is 9.97. The molecule has 0 spiro atoms. The molecule has 1 aromatic heterocycles. The lowest BCUT2D eigenvalue weighted by Gasteiger charge is -2.20. The first-order chi connectivity index (χ1) is 8.25. The second-order valence-electron chi connectivity index (χ2n) is 4.63. The molecular weight excluding hydrogens is 218 g/mol. The molecule has 1 aliphatic carbocycles. The highest BCUT2D eigenvalue weighted by molar-refractivity contribution is 5.66. The van der Waals surface area contributed by atoms with Crippen molar-refractivity contribution in [1.29, 1.82) is 0 Å². The van der Waals surface area contributed by atoms with Crippen LogP contribution in [0.25, 0.3) is 0 Å². The van der Waals surface area contributed by atoms with E-state index in [1.807, 2.05) is 12.1 Å². The molecular formula is C13H19NO3. The van der Waals surface area contributed by atoms with Gasteiger partial charge in [-0.3, -0.25) is 9.69 Å². The minimum atomic E-state index is -0.700. The normalized spacial score (nSPS) is 15.4. The zero-order valence-corrected chi connectivity index (χ0v) is 9.97. The lowest BCUT2D eigenvalue weighted by atomic mass is 10.2. The molecule has 1 heterocycles. The van der Waals surface area contributed by atoms with Crippen LogP contribution in [0.3, 0.4) is 0 Å². The molecule has 0 unspecified atom stereocenters. The first-order valence-electron chi connectivity index (χ1n) is 6.24. The third-order valence-corrected chi connectivity index (χ3v) is 3.09. The van der Waals surface area contributed by atoms with Crippen LogP contribution in [-0.2, 0) is 11.3 Å². The zero-order chi connectivity index (χ0) is 12.1. The van der Waals surface area contributed by atoms with Crippen molar-refractivity contribution in [3.63, 3.8) is 0 Å². The summed E-state index contributed by atoms with van der Waals surface area (Å²) >= 11 is 0. The van der Waals surface area contributed by atoms with Crippen molar-refractivity contribution in [3.05, 3.63) is 24.2 Å². The van der Waals surface area contributed by atoms with E-state index in [1.54, 1.807) is 6.26 Å². The Balaban J connectivity index is 1.72. The molecule has 1 aromatic rings. The highest BCUT2D eigenvalue weighted by Gasteiger charge is 2.28. The fourth-order valence-electron chi connectivity index (χ4n) is 2.02. The summed E-state index contributed by atoms with van der Waals surface area (Å²) in [5, 5.41) is 8.58. The number of hydrogen-bond acceptors (Lipinski definition) is 3. The standard InChI is InChI=1S/C13H19NO3/c15-13(16)5-1-2-8-14(11-6-7-11)10-12-4-3-9-17-12/h3-4,9,11H,1-2,5-8,10H2,(H,15,16). The van der Waals surface area contributed by atoms with Crippen LogP contribution < -0.4 is 0 Å². The van der Waals surface area contributed by atoms with E-state index in [9.17, 15) is 4.79 Å². The summed E-state index contributed by atoms with van der Waals surface area (Å²) in [5.74, 6) is 0.296. The number of aliphatic carboxylic acids is 1. The highest BCUT2D eigenvalue weighted by Crippen LogP contribution is 2.28. The number of furan rings is 1. The van der Waals surface area contributed by atoms with Crippen molar-refractivity contribution in [2.45, 2.75) is 44.7 Å². The molecule has 0 aliphatic heterocycles. The summed E-state index contributed by atoms with van der Waals surface area (Å²) in [6.45, 7) is 1.82. The third-order valence-electron chi connectivity index (χ3n) is 3.09. The van der Waals surface area contributed by atoms with Gasteiger partial charge in [-0.25, -0.2) is 0 Å². The van der Waals surface area contributed by atoms with Gasteiger partial charge < -0.3 is 9.52 Å². The lowest BCUT2D eigenvalue weighted by molar-refractivity contribution is -0.137. The Morgan fingerprint density at radius 3 is 2.88 bits per heavy atom. The number of hydrogen-bond donors (Lipinski definition) is 1. The summed E-state index contributed by atoms with van der Waals surface area (Å²) in [5.41, 5.74) is 0. The van der Waals surface area contributed by atoms with Crippen LogP contribution in [0.15, 0.2) is 22.8 Å². The minimum absolute atomic E-state index is 0.277. The summed E-state index contributed by atoms with van der Waals surface area (Å²) in [4.78, 5) is 12.8. The highest BCUT2D eigenvalue weighted by atomic mass is 16.4. The maximum Gasteiger partial charge on any atom is 0.303 e. The molecule has 0 atom stereocenters. The molecule has 0 bridgehead atoms. The van der Waals surface area contributed by atoms with Crippen LogP contribution in [0.4, 0.5) is 0 Å². The maximum atomic E-state index is 10.4. The Morgan fingerprint density at radius 2 is 2.29 bits per heavy atom. The van der Waals surface area contributed by atoms with Crippen molar-refractivity contribution < 1.29 is 14.3 Å². The molecule has 17 heavy (non-hydrogen) atoms. The number of carboxylic acid groups (broad SMARTS) is 1. The van der Waals surface area contributed by atoms with E-state index in [-0.39, 0.29) is 6.42 Å². The molecule has 0 aromatic carbocycles. The average Bonchev–Trinajstić information content (AvgIpc) is 3.01. The van der Waals surface area contributed by atoms with Gasteiger partial charge in [0.1, 0.15) is 5.76 Å². The van der Waals surface area contributed by atoms with E-state index >= 15 is 0 Å². The number of rotatable bonds is 8. The summed E-state index contributed by atoms with van der Waals surface area (Å²) in [6, 6.07) is 4.59. The summed E-state index contributed by atoms with van der Waals surface area (Å²) in [6.07, 6.45) is 6.21. The van der Waals surface area contributed by atoms with Gasteiger partial charge in [-0.1, -0.05) is 0 Å². The molecule has 1 N–H and O–H groups in total. The van der Waals surface area contributed by atoms with Gasteiger partial charge in [0.2, 0.25) is 0 Å². The van der Waals surface area contributed by atoms with Crippen molar-refractivity contribution in [3.8, 4) is 0 Å². The van der Waals surface area contributed by atoms with E-state index in [0.717, 1.165) is 31.7 Å². The molecule has 4 nitrogen and oxygen atoms in total. The fraction of sp³-hybridized carbons (Fsp3) is 0.615. The monoisotopic (exact) mass is 237 g/mol. The predicted molar refractivity (Wildman–Crippen MR) is 63.6 cm³/mol. The fourth-order valence-corrected chi connectivity index (χ4v) is 2.02. The molecule has 4 heteroatoms. The van der Waals surface area contributed by atoms with Crippen molar-refractivity contribution in [2.75, 3.05) is 6.54 Å². The van der Waals surface area contributed by atoms with Gasteiger partial charge in [0, 0.05) is 12.5 Å². The quantitative estimate of drug-likeness (QED) is 0.706.